The minimum Gasteiger partial charge on any atom is -0.347 e. The van der Waals surface area contributed by atoms with Gasteiger partial charge in [0, 0.05) is 27.2 Å². The molecule has 0 aromatic rings. The zero-order valence-electron chi connectivity index (χ0n) is 10.5. The Balaban J connectivity index is 2.27. The van der Waals surface area contributed by atoms with Gasteiger partial charge in [0.25, 0.3) is 0 Å². The Morgan fingerprint density at radius 3 is 2.31 bits per heavy atom. The van der Waals surface area contributed by atoms with Gasteiger partial charge in [-0.3, -0.25) is 14.9 Å². The van der Waals surface area contributed by atoms with Gasteiger partial charge in [-0.05, 0) is 19.8 Å². The van der Waals surface area contributed by atoms with Crippen molar-refractivity contribution in [1.82, 2.24) is 15.1 Å². The molecule has 1 fully saturated rings. The Bertz CT molecular complexity index is 274. The number of carbonyl (C=O) groups excluding carboxylic acids is 2. The van der Waals surface area contributed by atoms with Crippen molar-refractivity contribution in [3.8, 4) is 0 Å². The maximum absolute atomic E-state index is 11.7. The molecule has 1 rings (SSSR count). The summed E-state index contributed by atoms with van der Waals surface area (Å²) in [5.74, 6) is 0.0442. The number of hydrogen-bond acceptors (Lipinski definition) is 3. The standard InChI is InChI=1S/C11H21N3O2/c1-8(11(16)13(2)3)12-7-10(15)14(4)9-5-6-9/h8-9,12H,5-7H2,1-4H3. The lowest BCUT2D eigenvalue weighted by Gasteiger charge is -2.20. The molecule has 0 aromatic heterocycles. The summed E-state index contributed by atoms with van der Waals surface area (Å²) >= 11 is 0. The van der Waals surface area contributed by atoms with E-state index in [1.54, 1.807) is 25.9 Å². The highest BCUT2D eigenvalue weighted by molar-refractivity contribution is 5.83. The van der Waals surface area contributed by atoms with Crippen LogP contribution in [0.5, 0.6) is 0 Å². The van der Waals surface area contributed by atoms with E-state index in [0.717, 1.165) is 12.8 Å². The molecule has 0 bridgehead atoms. The van der Waals surface area contributed by atoms with E-state index in [9.17, 15) is 9.59 Å². The Labute approximate surface area is 96.8 Å². The minimum atomic E-state index is -0.313. The normalized spacial score (nSPS) is 16.8. The topological polar surface area (TPSA) is 52.7 Å². The molecule has 1 aliphatic rings. The lowest BCUT2D eigenvalue weighted by Crippen LogP contribution is -2.46. The zero-order valence-corrected chi connectivity index (χ0v) is 10.5. The van der Waals surface area contributed by atoms with Gasteiger partial charge in [0.15, 0.2) is 0 Å². The van der Waals surface area contributed by atoms with E-state index in [-0.39, 0.29) is 24.4 Å². The van der Waals surface area contributed by atoms with Crippen LogP contribution in [0.4, 0.5) is 0 Å². The average Bonchev–Trinajstić information content (AvgIpc) is 3.06. The molecule has 0 aromatic carbocycles. The van der Waals surface area contributed by atoms with Gasteiger partial charge in [-0.25, -0.2) is 0 Å². The summed E-state index contributed by atoms with van der Waals surface area (Å²) in [6.45, 7) is 2.00. The van der Waals surface area contributed by atoms with Gasteiger partial charge in [0.1, 0.15) is 0 Å². The highest BCUT2D eigenvalue weighted by Gasteiger charge is 2.29. The van der Waals surface area contributed by atoms with E-state index < -0.39 is 0 Å². The number of amides is 2. The number of nitrogens with one attached hydrogen (secondary N) is 1. The Morgan fingerprint density at radius 1 is 1.31 bits per heavy atom. The summed E-state index contributed by atoms with van der Waals surface area (Å²) in [5.41, 5.74) is 0. The molecule has 1 unspecified atom stereocenters. The lowest BCUT2D eigenvalue weighted by molar-refractivity contribution is -0.132. The van der Waals surface area contributed by atoms with Gasteiger partial charge in [-0.1, -0.05) is 0 Å². The van der Waals surface area contributed by atoms with Crippen molar-refractivity contribution in [3.63, 3.8) is 0 Å². The van der Waals surface area contributed by atoms with Crippen LogP contribution in [-0.2, 0) is 9.59 Å². The molecule has 1 aliphatic carbocycles. The molecule has 1 atom stereocenters. The number of hydrogen-bond donors (Lipinski definition) is 1. The number of rotatable bonds is 5. The first-order chi connectivity index (χ1) is 7.43. The van der Waals surface area contributed by atoms with Gasteiger partial charge in [-0.15, -0.1) is 0 Å². The predicted octanol–water partition coefficient (Wildman–Crippen LogP) is -0.326. The summed E-state index contributed by atoms with van der Waals surface area (Å²) in [6, 6.07) is 0.112. The maximum Gasteiger partial charge on any atom is 0.238 e. The fraction of sp³-hybridized carbons (Fsp3) is 0.818. The first kappa shape index (κ1) is 13.0. The van der Waals surface area contributed by atoms with Crippen LogP contribution in [0, 0.1) is 0 Å². The van der Waals surface area contributed by atoms with E-state index >= 15 is 0 Å². The van der Waals surface area contributed by atoms with Crippen LogP contribution in [0.25, 0.3) is 0 Å². The molecule has 0 saturated heterocycles. The van der Waals surface area contributed by atoms with Crippen molar-refractivity contribution >= 4 is 11.8 Å². The number of carbonyl (C=O) groups is 2. The lowest BCUT2D eigenvalue weighted by atomic mass is 10.3. The first-order valence-corrected chi connectivity index (χ1v) is 5.63. The minimum absolute atomic E-state index is 0.0122. The molecule has 0 spiro atoms. The predicted molar refractivity (Wildman–Crippen MR) is 62.0 cm³/mol. The SMILES string of the molecule is CC(NCC(=O)N(C)C1CC1)C(=O)N(C)C. The van der Waals surface area contributed by atoms with Crippen LogP contribution in [-0.4, -0.2) is 61.4 Å². The molecule has 92 valence electrons. The van der Waals surface area contributed by atoms with E-state index in [1.165, 1.54) is 4.90 Å². The number of nitrogens with zero attached hydrogens (tertiary/aromatic N) is 2. The number of likely N-dealkylation sites (N-methyl/N-ethyl adjacent to an activating group) is 2. The Morgan fingerprint density at radius 2 is 1.88 bits per heavy atom. The molecular weight excluding hydrogens is 206 g/mol. The van der Waals surface area contributed by atoms with Crippen molar-refractivity contribution in [1.29, 1.82) is 0 Å². The van der Waals surface area contributed by atoms with Crippen LogP contribution in [0.3, 0.4) is 0 Å². The van der Waals surface area contributed by atoms with E-state index in [1.807, 2.05) is 7.05 Å². The summed E-state index contributed by atoms with van der Waals surface area (Å²) in [6.07, 6.45) is 2.21. The third-order valence-electron chi connectivity index (χ3n) is 2.86. The molecule has 16 heavy (non-hydrogen) atoms. The fourth-order valence-corrected chi connectivity index (χ4v) is 1.51. The van der Waals surface area contributed by atoms with Crippen molar-refractivity contribution in [2.24, 2.45) is 0 Å². The summed E-state index contributed by atoms with van der Waals surface area (Å²) in [5, 5.41) is 2.94. The van der Waals surface area contributed by atoms with Crippen LogP contribution in [0.1, 0.15) is 19.8 Å². The maximum atomic E-state index is 11.7. The third kappa shape index (κ3) is 3.48. The average molecular weight is 227 g/mol. The van der Waals surface area contributed by atoms with E-state index in [2.05, 4.69) is 5.32 Å². The molecule has 5 heteroatoms. The fourth-order valence-electron chi connectivity index (χ4n) is 1.51. The van der Waals surface area contributed by atoms with Crippen molar-refractivity contribution in [2.45, 2.75) is 31.8 Å². The Hall–Kier alpha value is -1.10. The van der Waals surface area contributed by atoms with Crippen LogP contribution < -0.4 is 5.32 Å². The van der Waals surface area contributed by atoms with Crippen molar-refractivity contribution < 1.29 is 9.59 Å². The molecular formula is C11H21N3O2. The zero-order chi connectivity index (χ0) is 12.3. The molecule has 0 radical (unpaired) electrons. The van der Waals surface area contributed by atoms with E-state index in [4.69, 9.17) is 0 Å². The van der Waals surface area contributed by atoms with Gasteiger partial charge < -0.3 is 9.80 Å². The Kier molecular flexibility index (Phi) is 4.29. The van der Waals surface area contributed by atoms with Crippen LogP contribution >= 0.6 is 0 Å². The van der Waals surface area contributed by atoms with Crippen LogP contribution in [0.15, 0.2) is 0 Å². The second-order valence-corrected chi connectivity index (χ2v) is 4.57. The van der Waals surface area contributed by atoms with Gasteiger partial charge >= 0.3 is 0 Å². The van der Waals surface area contributed by atoms with Crippen molar-refractivity contribution in [2.75, 3.05) is 27.7 Å². The largest absolute Gasteiger partial charge is 0.347 e. The van der Waals surface area contributed by atoms with Gasteiger partial charge in [-0.2, -0.15) is 0 Å². The molecule has 1 saturated carbocycles. The summed E-state index contributed by atoms with van der Waals surface area (Å²) in [7, 11) is 5.23. The second-order valence-electron chi connectivity index (χ2n) is 4.57. The third-order valence-corrected chi connectivity index (χ3v) is 2.86. The highest BCUT2D eigenvalue weighted by Crippen LogP contribution is 2.25. The molecule has 2 amide bonds. The molecule has 1 N–H and O–H groups in total. The first-order valence-electron chi connectivity index (χ1n) is 5.63. The summed E-state index contributed by atoms with van der Waals surface area (Å²) < 4.78 is 0. The highest BCUT2D eigenvalue weighted by atomic mass is 16.2. The molecule has 0 aliphatic heterocycles. The molecule has 5 nitrogen and oxygen atoms in total. The molecule has 0 heterocycles. The van der Waals surface area contributed by atoms with Crippen molar-refractivity contribution in [3.05, 3.63) is 0 Å². The monoisotopic (exact) mass is 227 g/mol. The second kappa shape index (κ2) is 5.30. The van der Waals surface area contributed by atoms with Gasteiger partial charge in [0.05, 0.1) is 12.6 Å². The van der Waals surface area contributed by atoms with Gasteiger partial charge in [0.2, 0.25) is 11.8 Å². The van der Waals surface area contributed by atoms with E-state index in [0.29, 0.717) is 6.04 Å². The smallest absolute Gasteiger partial charge is 0.238 e. The van der Waals surface area contributed by atoms with Crippen LogP contribution in [0.2, 0.25) is 0 Å². The summed E-state index contributed by atoms with van der Waals surface area (Å²) in [4.78, 5) is 26.5. The quantitative estimate of drug-likeness (QED) is 0.700.